The predicted octanol–water partition coefficient (Wildman–Crippen LogP) is 3.52. The Morgan fingerprint density at radius 1 is 1.16 bits per heavy atom. The Kier molecular flexibility index (Phi) is 4.94. The van der Waals surface area contributed by atoms with Crippen molar-refractivity contribution >= 4 is 0 Å². The molecule has 2 bridgehead atoms. The second-order valence-electron chi connectivity index (χ2n) is 7.34. The lowest BCUT2D eigenvalue weighted by atomic mass is 9.79. The van der Waals surface area contributed by atoms with Gasteiger partial charge in [-0.1, -0.05) is 20.3 Å². The van der Waals surface area contributed by atoms with E-state index in [1.165, 1.54) is 32.1 Å². The molecule has 0 spiro atoms. The molecule has 4 atom stereocenters. The van der Waals surface area contributed by atoms with Crippen LogP contribution in [0.1, 0.15) is 59.8 Å². The summed E-state index contributed by atoms with van der Waals surface area (Å²) in [6, 6.07) is 0.622. The fraction of sp³-hybridized carbons (Fsp3) is 1.00. The van der Waals surface area contributed by atoms with E-state index >= 15 is 0 Å². The van der Waals surface area contributed by atoms with Gasteiger partial charge in [-0.25, -0.2) is 0 Å². The van der Waals surface area contributed by atoms with Gasteiger partial charge < -0.3 is 5.32 Å². The minimum atomic E-state index is 0.264. The second kappa shape index (κ2) is 6.13. The summed E-state index contributed by atoms with van der Waals surface area (Å²) in [7, 11) is 2.16. The molecule has 0 saturated heterocycles. The van der Waals surface area contributed by atoms with E-state index in [0.717, 1.165) is 30.8 Å². The van der Waals surface area contributed by atoms with Gasteiger partial charge in [0.2, 0.25) is 0 Å². The van der Waals surface area contributed by atoms with Gasteiger partial charge in [0, 0.05) is 11.6 Å². The molecule has 19 heavy (non-hydrogen) atoms. The van der Waals surface area contributed by atoms with Crippen molar-refractivity contribution in [3.63, 3.8) is 0 Å². The van der Waals surface area contributed by atoms with Gasteiger partial charge in [0.05, 0.1) is 0 Å². The van der Waals surface area contributed by atoms with Crippen molar-refractivity contribution in [2.45, 2.75) is 71.4 Å². The number of hydrogen-bond acceptors (Lipinski definition) is 2. The quantitative estimate of drug-likeness (QED) is 0.758. The van der Waals surface area contributed by atoms with Gasteiger partial charge in [0.25, 0.3) is 0 Å². The molecule has 2 fully saturated rings. The zero-order valence-corrected chi connectivity index (χ0v) is 13.7. The van der Waals surface area contributed by atoms with E-state index in [1.807, 2.05) is 0 Å². The van der Waals surface area contributed by atoms with Crippen LogP contribution in [0.5, 0.6) is 0 Å². The largest absolute Gasteiger partial charge is 0.315 e. The highest BCUT2D eigenvalue weighted by atomic mass is 15.2. The first-order chi connectivity index (χ1) is 9.02. The maximum absolute atomic E-state index is 3.64. The molecular formula is C17H34N2. The molecule has 4 unspecified atom stereocenters. The zero-order chi connectivity index (χ0) is 14.0. The van der Waals surface area contributed by atoms with Gasteiger partial charge in [0.1, 0.15) is 0 Å². The lowest BCUT2D eigenvalue weighted by Gasteiger charge is -2.45. The molecule has 0 heterocycles. The zero-order valence-electron chi connectivity index (χ0n) is 13.7. The fourth-order valence-corrected chi connectivity index (χ4v) is 4.99. The third-order valence-corrected chi connectivity index (χ3v) is 6.20. The highest BCUT2D eigenvalue weighted by Gasteiger charge is 2.42. The van der Waals surface area contributed by atoms with Gasteiger partial charge in [-0.2, -0.15) is 0 Å². The van der Waals surface area contributed by atoms with Crippen molar-refractivity contribution in [2.75, 3.05) is 20.1 Å². The highest BCUT2D eigenvalue weighted by Crippen LogP contribution is 2.50. The first-order valence-corrected chi connectivity index (χ1v) is 8.45. The molecule has 1 N–H and O–H groups in total. The summed E-state index contributed by atoms with van der Waals surface area (Å²) in [5.41, 5.74) is 0.264. The Morgan fingerprint density at radius 3 is 2.26 bits per heavy atom. The number of nitrogens with one attached hydrogen (secondary N) is 1. The van der Waals surface area contributed by atoms with Crippen LogP contribution in [0.15, 0.2) is 0 Å². The Bertz CT molecular complexity index is 283. The number of rotatable bonds is 7. The van der Waals surface area contributed by atoms with Crippen molar-refractivity contribution < 1.29 is 0 Å². The minimum absolute atomic E-state index is 0.264. The number of hydrogen-bond donors (Lipinski definition) is 1. The first-order valence-electron chi connectivity index (χ1n) is 8.45. The predicted molar refractivity (Wildman–Crippen MR) is 83.4 cm³/mol. The average Bonchev–Trinajstić information content (AvgIpc) is 2.98. The lowest BCUT2D eigenvalue weighted by Crippen LogP contribution is -2.57. The summed E-state index contributed by atoms with van der Waals surface area (Å²) in [5.74, 6) is 3.11. The van der Waals surface area contributed by atoms with Crippen LogP contribution in [0, 0.1) is 17.8 Å². The van der Waals surface area contributed by atoms with Gasteiger partial charge in [0.15, 0.2) is 0 Å². The van der Waals surface area contributed by atoms with E-state index in [1.54, 1.807) is 0 Å². The number of likely N-dealkylation sites (N-methyl/N-ethyl adjacent to an activating group) is 2. The van der Waals surface area contributed by atoms with Crippen LogP contribution in [-0.4, -0.2) is 36.6 Å². The Balaban J connectivity index is 1.99. The molecule has 0 aromatic heterocycles. The van der Waals surface area contributed by atoms with E-state index in [-0.39, 0.29) is 5.54 Å². The summed E-state index contributed by atoms with van der Waals surface area (Å²) in [6.07, 6.45) is 7.45. The van der Waals surface area contributed by atoms with Gasteiger partial charge in [-0.15, -0.1) is 0 Å². The molecule has 0 aromatic carbocycles. The van der Waals surface area contributed by atoms with Crippen LogP contribution in [-0.2, 0) is 0 Å². The molecule has 2 saturated carbocycles. The Hall–Kier alpha value is -0.0800. The standard InChI is InChI=1S/C17H34N2/c1-6-19(7-2)17(3,4)16(18-5)12-15-11-13-8-9-14(15)10-13/h13-16,18H,6-12H2,1-5H3. The van der Waals surface area contributed by atoms with Crippen LogP contribution in [0.3, 0.4) is 0 Å². The molecule has 0 amide bonds. The fourth-order valence-electron chi connectivity index (χ4n) is 4.99. The van der Waals surface area contributed by atoms with E-state index in [9.17, 15) is 0 Å². The third-order valence-electron chi connectivity index (χ3n) is 6.20. The molecule has 2 heteroatoms. The summed E-state index contributed by atoms with van der Waals surface area (Å²) in [6.45, 7) is 11.7. The van der Waals surface area contributed by atoms with Crippen LogP contribution in [0.4, 0.5) is 0 Å². The molecular weight excluding hydrogens is 232 g/mol. The third kappa shape index (κ3) is 3.00. The maximum Gasteiger partial charge on any atom is 0.0306 e. The average molecular weight is 266 g/mol. The van der Waals surface area contributed by atoms with Crippen molar-refractivity contribution in [3.05, 3.63) is 0 Å². The first kappa shape index (κ1) is 15.3. The van der Waals surface area contributed by atoms with Gasteiger partial charge >= 0.3 is 0 Å². The van der Waals surface area contributed by atoms with E-state index < -0.39 is 0 Å². The molecule has 112 valence electrons. The smallest absolute Gasteiger partial charge is 0.0306 e. The maximum atomic E-state index is 3.64. The highest BCUT2D eigenvalue weighted by molar-refractivity contribution is 4.98. The molecule has 2 rings (SSSR count). The van der Waals surface area contributed by atoms with Crippen molar-refractivity contribution in [1.29, 1.82) is 0 Å². The summed E-state index contributed by atoms with van der Waals surface area (Å²) >= 11 is 0. The summed E-state index contributed by atoms with van der Waals surface area (Å²) in [5, 5.41) is 3.64. The van der Waals surface area contributed by atoms with Crippen LogP contribution in [0.25, 0.3) is 0 Å². The summed E-state index contributed by atoms with van der Waals surface area (Å²) in [4.78, 5) is 2.61. The van der Waals surface area contributed by atoms with Crippen LogP contribution in [0.2, 0.25) is 0 Å². The Morgan fingerprint density at radius 2 is 1.84 bits per heavy atom. The van der Waals surface area contributed by atoms with Gasteiger partial charge in [-0.05, 0) is 77.4 Å². The summed E-state index contributed by atoms with van der Waals surface area (Å²) < 4.78 is 0. The molecule has 0 aromatic rings. The van der Waals surface area contributed by atoms with Crippen molar-refractivity contribution in [1.82, 2.24) is 10.2 Å². The molecule has 2 nitrogen and oxygen atoms in total. The molecule has 0 radical (unpaired) electrons. The normalized spacial score (nSPS) is 32.2. The van der Waals surface area contributed by atoms with Gasteiger partial charge in [-0.3, -0.25) is 4.90 Å². The van der Waals surface area contributed by atoms with E-state index in [2.05, 4.69) is 45.0 Å². The van der Waals surface area contributed by atoms with Crippen molar-refractivity contribution in [2.24, 2.45) is 17.8 Å². The molecule has 2 aliphatic rings. The van der Waals surface area contributed by atoms with Crippen LogP contribution >= 0.6 is 0 Å². The monoisotopic (exact) mass is 266 g/mol. The van der Waals surface area contributed by atoms with Crippen LogP contribution < -0.4 is 5.32 Å². The Labute approximate surface area is 120 Å². The molecule has 0 aliphatic heterocycles. The number of fused-ring (bicyclic) bond motifs is 2. The minimum Gasteiger partial charge on any atom is -0.315 e. The SMILES string of the molecule is CCN(CC)C(C)(C)C(CC1CC2CCC1C2)NC. The van der Waals surface area contributed by atoms with E-state index in [0.29, 0.717) is 6.04 Å². The van der Waals surface area contributed by atoms with Crippen molar-refractivity contribution in [3.8, 4) is 0 Å². The number of nitrogens with zero attached hydrogens (tertiary/aromatic N) is 1. The van der Waals surface area contributed by atoms with E-state index in [4.69, 9.17) is 0 Å². The molecule has 2 aliphatic carbocycles. The lowest BCUT2D eigenvalue weighted by molar-refractivity contribution is 0.0777. The second-order valence-corrected chi connectivity index (χ2v) is 7.34. The topological polar surface area (TPSA) is 15.3 Å².